The van der Waals surface area contributed by atoms with Crippen molar-refractivity contribution in [3.8, 4) is 5.75 Å². The Hall–Kier alpha value is -2.69. The van der Waals surface area contributed by atoms with E-state index in [0.717, 1.165) is 5.56 Å². The molecule has 2 aromatic rings. The zero-order valence-electron chi connectivity index (χ0n) is 14.4. The number of hydrogen-bond acceptors (Lipinski definition) is 3. The molecule has 132 valence electrons. The molecule has 0 unspecified atom stereocenters. The van der Waals surface area contributed by atoms with Crippen LogP contribution in [0.3, 0.4) is 0 Å². The van der Waals surface area contributed by atoms with Gasteiger partial charge >= 0.3 is 0 Å². The third-order valence-corrected chi connectivity index (χ3v) is 3.81. The minimum Gasteiger partial charge on any atom is -0.494 e. The van der Waals surface area contributed by atoms with Crippen LogP contribution >= 0.6 is 0 Å². The summed E-state index contributed by atoms with van der Waals surface area (Å²) >= 11 is 0. The molecule has 25 heavy (non-hydrogen) atoms. The van der Waals surface area contributed by atoms with Gasteiger partial charge in [0, 0.05) is 18.4 Å². The topological polar surface area (TPSA) is 55.4 Å². The number of halogens is 1. The van der Waals surface area contributed by atoms with Gasteiger partial charge in [-0.05, 0) is 55.8 Å². The molecule has 2 aromatic carbocycles. The van der Waals surface area contributed by atoms with Crippen LogP contribution in [-0.4, -0.2) is 18.3 Å². The average Bonchev–Trinajstić information content (AvgIpc) is 2.61. The highest BCUT2D eigenvalue weighted by Gasteiger charge is 2.13. The van der Waals surface area contributed by atoms with Gasteiger partial charge in [-0.25, -0.2) is 4.39 Å². The molecule has 0 aliphatic carbocycles. The SMILES string of the molecule is CCOc1ccc(C(=O)CCC(=O)N[C@H](C)c2ccc(F)cc2)cc1. The smallest absolute Gasteiger partial charge is 0.220 e. The van der Waals surface area contributed by atoms with Crippen LogP contribution in [0.1, 0.15) is 48.7 Å². The maximum absolute atomic E-state index is 12.9. The molecule has 2 rings (SSSR count). The second-order valence-electron chi connectivity index (χ2n) is 5.72. The van der Waals surface area contributed by atoms with Crippen LogP contribution in [0.25, 0.3) is 0 Å². The first-order valence-electron chi connectivity index (χ1n) is 8.30. The monoisotopic (exact) mass is 343 g/mol. The number of ether oxygens (including phenoxy) is 1. The van der Waals surface area contributed by atoms with E-state index in [1.807, 2.05) is 13.8 Å². The van der Waals surface area contributed by atoms with Gasteiger partial charge in [0.1, 0.15) is 11.6 Å². The van der Waals surface area contributed by atoms with Gasteiger partial charge in [-0.3, -0.25) is 9.59 Å². The highest BCUT2D eigenvalue weighted by Crippen LogP contribution is 2.15. The highest BCUT2D eigenvalue weighted by molar-refractivity contribution is 5.98. The van der Waals surface area contributed by atoms with Crippen molar-refractivity contribution in [2.75, 3.05) is 6.61 Å². The molecular formula is C20H22FNO3. The largest absolute Gasteiger partial charge is 0.494 e. The third kappa shape index (κ3) is 5.71. The van der Waals surface area contributed by atoms with Crippen molar-refractivity contribution >= 4 is 11.7 Å². The van der Waals surface area contributed by atoms with Crippen LogP contribution in [-0.2, 0) is 4.79 Å². The number of carbonyl (C=O) groups excluding carboxylic acids is 2. The first kappa shape index (κ1) is 18.6. The Morgan fingerprint density at radius 2 is 1.68 bits per heavy atom. The lowest BCUT2D eigenvalue weighted by atomic mass is 10.1. The van der Waals surface area contributed by atoms with Gasteiger partial charge in [-0.1, -0.05) is 12.1 Å². The predicted molar refractivity (Wildman–Crippen MR) is 94.1 cm³/mol. The Morgan fingerprint density at radius 1 is 1.04 bits per heavy atom. The Kier molecular flexibility index (Phi) is 6.69. The van der Waals surface area contributed by atoms with Crippen molar-refractivity contribution in [1.82, 2.24) is 5.32 Å². The van der Waals surface area contributed by atoms with Crippen LogP contribution < -0.4 is 10.1 Å². The quantitative estimate of drug-likeness (QED) is 0.735. The van der Waals surface area contributed by atoms with Crippen LogP contribution in [0.4, 0.5) is 4.39 Å². The van der Waals surface area contributed by atoms with Crippen molar-refractivity contribution in [3.05, 3.63) is 65.5 Å². The summed E-state index contributed by atoms with van der Waals surface area (Å²) in [7, 11) is 0. The van der Waals surface area contributed by atoms with E-state index in [4.69, 9.17) is 4.74 Å². The van der Waals surface area contributed by atoms with E-state index < -0.39 is 0 Å². The Bertz CT molecular complexity index is 711. The minimum atomic E-state index is -0.316. The Morgan fingerprint density at radius 3 is 2.28 bits per heavy atom. The number of rotatable bonds is 8. The molecule has 0 fully saturated rings. The summed E-state index contributed by atoms with van der Waals surface area (Å²) in [5.74, 6) is 0.0943. The van der Waals surface area contributed by atoms with Gasteiger partial charge in [0.15, 0.2) is 5.78 Å². The zero-order chi connectivity index (χ0) is 18.2. The summed E-state index contributed by atoms with van der Waals surface area (Å²) in [5, 5.41) is 2.81. The van der Waals surface area contributed by atoms with E-state index in [9.17, 15) is 14.0 Å². The van der Waals surface area contributed by atoms with Gasteiger partial charge in [0.25, 0.3) is 0 Å². The molecule has 5 heteroatoms. The molecule has 0 spiro atoms. The number of benzene rings is 2. The summed E-state index contributed by atoms with van der Waals surface area (Å²) in [6.07, 6.45) is 0.244. The average molecular weight is 343 g/mol. The first-order chi connectivity index (χ1) is 12.0. The number of nitrogens with one attached hydrogen (secondary N) is 1. The van der Waals surface area contributed by atoms with Crippen molar-refractivity contribution in [1.29, 1.82) is 0 Å². The standard InChI is InChI=1S/C20H22FNO3/c1-3-25-18-10-6-16(7-11-18)19(23)12-13-20(24)22-14(2)15-4-8-17(21)9-5-15/h4-11,14H,3,12-13H2,1-2H3,(H,22,24)/t14-/m1/s1. The molecule has 1 amide bonds. The molecule has 0 saturated heterocycles. The second-order valence-corrected chi connectivity index (χ2v) is 5.72. The molecule has 0 aromatic heterocycles. The van der Waals surface area contributed by atoms with Crippen molar-refractivity contribution in [2.24, 2.45) is 0 Å². The molecule has 1 atom stereocenters. The van der Waals surface area contributed by atoms with E-state index in [1.165, 1.54) is 12.1 Å². The van der Waals surface area contributed by atoms with Crippen LogP contribution in [0.15, 0.2) is 48.5 Å². The van der Waals surface area contributed by atoms with Gasteiger partial charge < -0.3 is 10.1 Å². The van der Waals surface area contributed by atoms with Crippen molar-refractivity contribution in [2.45, 2.75) is 32.7 Å². The number of amides is 1. The number of ketones is 1. The molecule has 0 saturated carbocycles. The molecule has 4 nitrogen and oxygen atoms in total. The summed E-state index contributed by atoms with van der Waals surface area (Å²) in [5.41, 5.74) is 1.37. The molecular weight excluding hydrogens is 321 g/mol. The summed E-state index contributed by atoms with van der Waals surface area (Å²) in [6.45, 7) is 4.28. The Labute approximate surface area is 147 Å². The van der Waals surface area contributed by atoms with Gasteiger partial charge in [-0.15, -0.1) is 0 Å². The molecule has 0 aliphatic rings. The minimum absolute atomic E-state index is 0.0902. The lowest BCUT2D eigenvalue weighted by Gasteiger charge is -2.14. The van der Waals surface area contributed by atoms with Gasteiger partial charge in [0.2, 0.25) is 5.91 Å². The molecule has 0 bridgehead atoms. The molecule has 0 heterocycles. The van der Waals surface area contributed by atoms with Crippen LogP contribution in [0.5, 0.6) is 5.75 Å². The highest BCUT2D eigenvalue weighted by atomic mass is 19.1. The van der Waals surface area contributed by atoms with E-state index in [1.54, 1.807) is 36.4 Å². The number of Topliss-reactive ketones (excluding diaryl/α,β-unsaturated/α-hetero) is 1. The van der Waals surface area contributed by atoms with Crippen LogP contribution in [0, 0.1) is 5.82 Å². The fraction of sp³-hybridized carbons (Fsp3) is 0.300. The lowest BCUT2D eigenvalue weighted by Crippen LogP contribution is -2.26. The summed E-state index contributed by atoms with van der Waals surface area (Å²) in [6, 6.07) is 12.6. The zero-order valence-corrected chi connectivity index (χ0v) is 14.4. The normalized spacial score (nSPS) is 11.6. The maximum atomic E-state index is 12.9. The van der Waals surface area contributed by atoms with E-state index in [2.05, 4.69) is 5.32 Å². The lowest BCUT2D eigenvalue weighted by molar-refractivity contribution is -0.121. The fourth-order valence-corrected chi connectivity index (χ4v) is 2.42. The number of hydrogen-bond donors (Lipinski definition) is 1. The van der Waals surface area contributed by atoms with Crippen molar-refractivity contribution in [3.63, 3.8) is 0 Å². The van der Waals surface area contributed by atoms with E-state index in [-0.39, 0.29) is 36.4 Å². The molecule has 0 radical (unpaired) electrons. The van der Waals surface area contributed by atoms with Crippen molar-refractivity contribution < 1.29 is 18.7 Å². The van der Waals surface area contributed by atoms with Gasteiger partial charge in [0.05, 0.1) is 12.6 Å². The second kappa shape index (κ2) is 8.97. The number of carbonyl (C=O) groups is 2. The summed E-state index contributed by atoms with van der Waals surface area (Å²) in [4.78, 5) is 24.2. The van der Waals surface area contributed by atoms with E-state index >= 15 is 0 Å². The van der Waals surface area contributed by atoms with Crippen LogP contribution in [0.2, 0.25) is 0 Å². The van der Waals surface area contributed by atoms with Gasteiger partial charge in [-0.2, -0.15) is 0 Å². The van der Waals surface area contributed by atoms with E-state index in [0.29, 0.717) is 17.9 Å². The fourth-order valence-electron chi connectivity index (χ4n) is 2.42. The Balaban J connectivity index is 1.82. The molecule has 0 aliphatic heterocycles. The summed E-state index contributed by atoms with van der Waals surface area (Å²) < 4.78 is 18.3. The molecule has 1 N–H and O–H groups in total. The predicted octanol–water partition coefficient (Wildman–Crippen LogP) is 4.06. The first-order valence-corrected chi connectivity index (χ1v) is 8.30. The maximum Gasteiger partial charge on any atom is 0.220 e. The third-order valence-electron chi connectivity index (χ3n) is 3.81.